The van der Waals surface area contributed by atoms with Crippen LogP contribution in [0, 0.1) is 17.0 Å². The Morgan fingerprint density at radius 1 is 1.06 bits per heavy atom. The highest BCUT2D eigenvalue weighted by atomic mass is 19.1. The van der Waals surface area contributed by atoms with E-state index in [1.165, 1.54) is 18.2 Å². The van der Waals surface area contributed by atoms with Crippen LogP contribution in [0.4, 0.5) is 14.7 Å². The molecule has 7 rings (SSSR count). The molecule has 4 heterocycles. The number of benzene rings is 1. The first kappa shape index (κ1) is 20.4. The van der Waals surface area contributed by atoms with E-state index < -0.39 is 17.0 Å². The topological polar surface area (TPSA) is 64.0 Å². The minimum atomic E-state index is -0.630. The molecular weight excluding hydrogens is 436 g/mol. The fourth-order valence-corrected chi connectivity index (χ4v) is 6.93. The molecule has 2 atom stereocenters. The smallest absolute Gasteiger partial charge is 0.225 e. The van der Waals surface area contributed by atoms with Crippen LogP contribution in [0.25, 0.3) is 11.3 Å². The summed E-state index contributed by atoms with van der Waals surface area (Å²) in [7, 11) is 0. The molecule has 4 aliphatic rings. The van der Waals surface area contributed by atoms with Crippen molar-refractivity contribution in [3.63, 3.8) is 0 Å². The zero-order chi connectivity index (χ0) is 23.3. The summed E-state index contributed by atoms with van der Waals surface area (Å²) in [4.78, 5) is 11.8. The summed E-state index contributed by atoms with van der Waals surface area (Å²) in [5.74, 6) is -0.330. The molecule has 2 aromatic heterocycles. The van der Waals surface area contributed by atoms with E-state index in [2.05, 4.69) is 33.9 Å². The van der Waals surface area contributed by atoms with Crippen LogP contribution in [0.3, 0.4) is 0 Å². The van der Waals surface area contributed by atoms with Crippen molar-refractivity contribution < 1.29 is 13.5 Å². The van der Waals surface area contributed by atoms with Crippen molar-refractivity contribution in [1.82, 2.24) is 20.2 Å². The minimum absolute atomic E-state index is 0.000798. The molecule has 174 valence electrons. The number of aromatic nitrogens is 4. The lowest BCUT2D eigenvalue weighted by Gasteiger charge is -2.55. The molecule has 34 heavy (non-hydrogen) atoms. The Morgan fingerprint density at radius 2 is 1.82 bits per heavy atom. The Morgan fingerprint density at radius 3 is 2.53 bits per heavy atom. The van der Waals surface area contributed by atoms with E-state index in [0.717, 1.165) is 61.9 Å². The first-order chi connectivity index (χ1) is 16.3. The summed E-state index contributed by atoms with van der Waals surface area (Å²) < 4.78 is 34.7. The maximum atomic E-state index is 14.5. The Balaban J connectivity index is 1.32. The number of fused-ring (bicyclic) bond motifs is 5. The molecule has 0 radical (unpaired) electrons. The number of rotatable bonds is 3. The fraction of sp³-hybridized carbons (Fsp3) is 0.462. The molecule has 0 N–H and O–H groups in total. The Bertz CT molecular complexity index is 1310. The first-order valence-corrected chi connectivity index (χ1v) is 11.9. The zero-order valence-electron chi connectivity index (χ0n) is 19.2. The summed E-state index contributed by atoms with van der Waals surface area (Å²) in [6.45, 7) is 6.98. The molecule has 2 aliphatic heterocycles. The molecule has 0 amide bonds. The molecule has 1 aromatic carbocycles. The van der Waals surface area contributed by atoms with Gasteiger partial charge in [0.15, 0.2) is 0 Å². The molecule has 3 aromatic rings. The molecule has 1 saturated carbocycles. The summed E-state index contributed by atoms with van der Waals surface area (Å²) >= 11 is 0. The SMILES string of the molecule is CC1(C)[C@H]2CC[C@]1(c1ccnc(N3CC4(CCO4)C3)n1)c1nnc(-c3c(F)cccc3F)cc12. The molecule has 2 aliphatic carbocycles. The second kappa shape index (κ2) is 6.56. The number of anilines is 1. The van der Waals surface area contributed by atoms with E-state index in [4.69, 9.17) is 9.72 Å². The van der Waals surface area contributed by atoms with E-state index in [9.17, 15) is 8.78 Å². The predicted molar refractivity (Wildman–Crippen MR) is 121 cm³/mol. The third-order valence-corrected chi connectivity index (χ3v) is 8.89. The van der Waals surface area contributed by atoms with Gasteiger partial charge in [-0.05, 0) is 54.0 Å². The molecule has 3 fully saturated rings. The van der Waals surface area contributed by atoms with Crippen LogP contribution in [-0.4, -0.2) is 45.5 Å². The number of ether oxygens (including phenoxy) is 1. The lowest BCUT2D eigenvalue weighted by atomic mass is 9.66. The van der Waals surface area contributed by atoms with Gasteiger partial charge in [-0.25, -0.2) is 18.7 Å². The van der Waals surface area contributed by atoms with Crippen molar-refractivity contribution in [2.45, 2.75) is 50.0 Å². The fourth-order valence-electron chi connectivity index (χ4n) is 6.93. The monoisotopic (exact) mass is 461 g/mol. The maximum Gasteiger partial charge on any atom is 0.225 e. The molecule has 1 spiro atoms. The molecular formula is C26H25F2N5O. The number of hydrogen-bond donors (Lipinski definition) is 0. The number of halogens is 2. The van der Waals surface area contributed by atoms with Crippen molar-refractivity contribution in [3.05, 3.63) is 65.1 Å². The molecule has 2 saturated heterocycles. The number of hydrogen-bond acceptors (Lipinski definition) is 6. The quantitative estimate of drug-likeness (QED) is 0.576. The lowest BCUT2D eigenvalue weighted by Crippen LogP contribution is -2.68. The molecule has 6 nitrogen and oxygen atoms in total. The van der Waals surface area contributed by atoms with E-state index in [1.807, 2.05) is 18.3 Å². The van der Waals surface area contributed by atoms with Crippen LogP contribution < -0.4 is 4.90 Å². The first-order valence-electron chi connectivity index (χ1n) is 11.9. The highest BCUT2D eigenvalue weighted by Gasteiger charge is 2.65. The van der Waals surface area contributed by atoms with Crippen molar-refractivity contribution in [2.75, 3.05) is 24.6 Å². The summed E-state index contributed by atoms with van der Waals surface area (Å²) in [5.41, 5.74) is 2.37. The average Bonchev–Trinajstić information content (AvgIpc) is 3.13. The van der Waals surface area contributed by atoms with Crippen molar-refractivity contribution in [2.24, 2.45) is 5.41 Å². The Kier molecular flexibility index (Phi) is 3.93. The second-order valence-electron chi connectivity index (χ2n) is 10.7. The van der Waals surface area contributed by atoms with Gasteiger partial charge in [-0.2, -0.15) is 5.10 Å². The van der Waals surface area contributed by atoms with Gasteiger partial charge in [-0.15, -0.1) is 5.10 Å². The van der Waals surface area contributed by atoms with Gasteiger partial charge >= 0.3 is 0 Å². The summed E-state index contributed by atoms with van der Waals surface area (Å²) in [6, 6.07) is 7.69. The van der Waals surface area contributed by atoms with Gasteiger partial charge in [-0.1, -0.05) is 19.9 Å². The summed E-state index contributed by atoms with van der Waals surface area (Å²) in [5, 5.41) is 8.94. The summed E-state index contributed by atoms with van der Waals surface area (Å²) in [6.07, 6.45) is 4.79. The largest absolute Gasteiger partial charge is 0.371 e. The predicted octanol–water partition coefficient (Wildman–Crippen LogP) is 4.39. The van der Waals surface area contributed by atoms with Crippen LogP contribution in [-0.2, 0) is 10.2 Å². The van der Waals surface area contributed by atoms with Gasteiger partial charge in [-0.3, -0.25) is 0 Å². The second-order valence-corrected chi connectivity index (χ2v) is 10.7. The third kappa shape index (κ3) is 2.42. The maximum absolute atomic E-state index is 14.5. The van der Waals surface area contributed by atoms with Crippen LogP contribution in [0.1, 0.15) is 56.0 Å². The highest BCUT2D eigenvalue weighted by molar-refractivity contribution is 5.64. The van der Waals surface area contributed by atoms with Crippen LogP contribution >= 0.6 is 0 Å². The number of nitrogens with zero attached hydrogens (tertiary/aromatic N) is 5. The van der Waals surface area contributed by atoms with Gasteiger partial charge < -0.3 is 9.64 Å². The van der Waals surface area contributed by atoms with Crippen molar-refractivity contribution in [3.8, 4) is 11.3 Å². The van der Waals surface area contributed by atoms with E-state index >= 15 is 0 Å². The lowest BCUT2D eigenvalue weighted by molar-refractivity contribution is -0.161. The highest BCUT2D eigenvalue weighted by Crippen LogP contribution is 2.69. The minimum Gasteiger partial charge on any atom is -0.371 e. The van der Waals surface area contributed by atoms with Crippen LogP contribution in [0.2, 0.25) is 0 Å². The van der Waals surface area contributed by atoms with E-state index in [-0.39, 0.29) is 28.2 Å². The standard InChI is InChI=1S/C26H25F2N5O/c1-24(2)16-6-8-26(24,20-7-10-29-23(30-20)33-13-25(14-33)9-11-34-25)22-15(16)12-19(31-32-22)21-17(27)4-3-5-18(21)28/h3-5,7,10,12,16H,6,8-9,11,13-14H2,1-2H3/t16-,26-/m0/s1. The average molecular weight is 462 g/mol. The van der Waals surface area contributed by atoms with Gasteiger partial charge in [0, 0.05) is 12.6 Å². The van der Waals surface area contributed by atoms with E-state index in [1.54, 1.807) is 0 Å². The molecule has 0 unspecified atom stereocenters. The molecule has 8 heteroatoms. The normalized spacial score (nSPS) is 27.4. The van der Waals surface area contributed by atoms with Crippen LogP contribution in [0.15, 0.2) is 36.5 Å². The van der Waals surface area contributed by atoms with E-state index in [0.29, 0.717) is 0 Å². The van der Waals surface area contributed by atoms with Crippen molar-refractivity contribution in [1.29, 1.82) is 0 Å². The van der Waals surface area contributed by atoms with Gasteiger partial charge in [0.05, 0.1) is 47.8 Å². The Hall–Kier alpha value is -3.00. The van der Waals surface area contributed by atoms with Crippen LogP contribution in [0.5, 0.6) is 0 Å². The van der Waals surface area contributed by atoms with Gasteiger partial charge in [0.1, 0.15) is 17.2 Å². The van der Waals surface area contributed by atoms with Gasteiger partial charge in [0.2, 0.25) is 5.95 Å². The third-order valence-electron chi connectivity index (χ3n) is 8.89. The zero-order valence-corrected chi connectivity index (χ0v) is 19.2. The van der Waals surface area contributed by atoms with Crippen molar-refractivity contribution >= 4 is 5.95 Å². The Labute approximate surface area is 196 Å². The van der Waals surface area contributed by atoms with Gasteiger partial charge in [0.25, 0.3) is 0 Å². The molecule has 2 bridgehead atoms.